The molecular weight excluding hydrogens is 262 g/mol. The smallest absolute Gasteiger partial charge is 0.179 e. The van der Waals surface area contributed by atoms with E-state index in [1.54, 1.807) is 7.11 Å². The van der Waals surface area contributed by atoms with Crippen LogP contribution in [0.25, 0.3) is 0 Å². The minimum atomic E-state index is -0.0403. The molecule has 1 fully saturated rings. The Labute approximate surface area is 128 Å². The number of Topliss-reactive ketones (excluding diaryl/α,β-unsaturated/α-hetero) is 1. The Bertz CT molecular complexity index is 455. The molecular formula is C18H27NO2. The number of hydrogen-bond donors (Lipinski definition) is 0. The van der Waals surface area contributed by atoms with Gasteiger partial charge in [0.1, 0.15) is 5.75 Å². The molecule has 1 aromatic rings. The molecule has 2 rings (SSSR count). The summed E-state index contributed by atoms with van der Waals surface area (Å²) in [6, 6.07) is 7.97. The fourth-order valence-electron chi connectivity index (χ4n) is 3.30. The van der Waals surface area contributed by atoms with E-state index in [2.05, 4.69) is 18.7 Å². The van der Waals surface area contributed by atoms with Crippen LogP contribution in [0.1, 0.15) is 56.3 Å². The average molecular weight is 289 g/mol. The Hall–Kier alpha value is -1.35. The van der Waals surface area contributed by atoms with Gasteiger partial charge >= 0.3 is 0 Å². The van der Waals surface area contributed by atoms with Crippen molar-refractivity contribution in [3.63, 3.8) is 0 Å². The summed E-state index contributed by atoms with van der Waals surface area (Å²) in [7, 11) is 1.64. The molecule has 1 saturated heterocycles. The summed E-state index contributed by atoms with van der Waals surface area (Å²) < 4.78 is 5.15. The predicted octanol–water partition coefficient (Wildman–Crippen LogP) is 3.92. The van der Waals surface area contributed by atoms with Crippen molar-refractivity contribution >= 4 is 5.78 Å². The van der Waals surface area contributed by atoms with E-state index in [1.807, 2.05) is 24.3 Å². The van der Waals surface area contributed by atoms with E-state index in [1.165, 1.54) is 25.7 Å². The topological polar surface area (TPSA) is 29.5 Å². The van der Waals surface area contributed by atoms with Crippen LogP contribution in [0.5, 0.6) is 5.75 Å². The Balaban J connectivity index is 2.12. The Morgan fingerprint density at radius 3 is 2.62 bits per heavy atom. The van der Waals surface area contributed by atoms with Gasteiger partial charge < -0.3 is 4.74 Å². The highest BCUT2D eigenvalue weighted by Crippen LogP contribution is 2.23. The third kappa shape index (κ3) is 3.85. The van der Waals surface area contributed by atoms with Gasteiger partial charge in [-0.3, -0.25) is 9.69 Å². The lowest BCUT2D eigenvalue weighted by Crippen LogP contribution is -2.45. The Kier molecular flexibility index (Phi) is 5.80. The van der Waals surface area contributed by atoms with Crippen LogP contribution >= 0.6 is 0 Å². The molecule has 0 aromatic heterocycles. The number of carbonyl (C=O) groups excluding carboxylic acids is 1. The molecule has 1 heterocycles. The molecule has 116 valence electrons. The van der Waals surface area contributed by atoms with Crippen molar-refractivity contribution in [3.8, 4) is 5.75 Å². The molecule has 0 N–H and O–H groups in total. The lowest BCUT2D eigenvalue weighted by molar-refractivity contribution is 0.0758. The second kappa shape index (κ2) is 7.60. The average Bonchev–Trinajstić information content (AvgIpc) is 2.78. The zero-order chi connectivity index (χ0) is 15.2. The number of methoxy groups -OCH3 is 1. The summed E-state index contributed by atoms with van der Waals surface area (Å²) in [5.74, 6) is 1.01. The van der Waals surface area contributed by atoms with Gasteiger partial charge in [-0.25, -0.2) is 0 Å². The molecule has 0 amide bonds. The molecule has 1 aliphatic rings. The summed E-state index contributed by atoms with van der Waals surface area (Å²) >= 11 is 0. The predicted molar refractivity (Wildman–Crippen MR) is 86.0 cm³/mol. The van der Waals surface area contributed by atoms with Crippen LogP contribution in [0, 0.1) is 0 Å². The van der Waals surface area contributed by atoms with Crippen molar-refractivity contribution in [2.45, 2.75) is 58.0 Å². The first-order chi connectivity index (χ1) is 10.2. The van der Waals surface area contributed by atoms with E-state index in [-0.39, 0.29) is 11.8 Å². The van der Waals surface area contributed by atoms with E-state index >= 15 is 0 Å². The molecule has 0 bridgehead atoms. The number of ketones is 1. The van der Waals surface area contributed by atoms with Crippen molar-refractivity contribution in [1.29, 1.82) is 0 Å². The zero-order valence-electron chi connectivity index (χ0n) is 13.5. The van der Waals surface area contributed by atoms with Gasteiger partial charge in [0, 0.05) is 11.6 Å². The van der Waals surface area contributed by atoms with Crippen molar-refractivity contribution in [2.75, 3.05) is 13.7 Å². The van der Waals surface area contributed by atoms with Crippen LogP contribution in [0.4, 0.5) is 0 Å². The number of nitrogens with zero attached hydrogens (tertiary/aromatic N) is 1. The van der Waals surface area contributed by atoms with Gasteiger partial charge in [0.2, 0.25) is 0 Å². The molecule has 0 aliphatic carbocycles. The van der Waals surface area contributed by atoms with E-state index in [4.69, 9.17) is 4.74 Å². The quantitative estimate of drug-likeness (QED) is 0.769. The second-order valence-electron chi connectivity index (χ2n) is 5.92. The molecule has 2 unspecified atom stereocenters. The first-order valence-electron chi connectivity index (χ1n) is 8.11. The summed E-state index contributed by atoms with van der Waals surface area (Å²) in [4.78, 5) is 15.2. The number of benzene rings is 1. The first kappa shape index (κ1) is 16.0. The lowest BCUT2D eigenvalue weighted by atomic mass is 10.0. The highest BCUT2D eigenvalue weighted by atomic mass is 16.5. The van der Waals surface area contributed by atoms with Crippen molar-refractivity contribution in [3.05, 3.63) is 29.8 Å². The third-order valence-corrected chi connectivity index (χ3v) is 4.65. The summed E-state index contributed by atoms with van der Waals surface area (Å²) in [6.07, 6.45) is 6.13. The van der Waals surface area contributed by atoms with Gasteiger partial charge in [-0.1, -0.05) is 19.8 Å². The minimum Gasteiger partial charge on any atom is -0.497 e. The summed E-state index contributed by atoms with van der Waals surface area (Å²) in [5.41, 5.74) is 0.780. The molecule has 1 aliphatic heterocycles. The van der Waals surface area contributed by atoms with Crippen LogP contribution in [-0.4, -0.2) is 36.4 Å². The molecule has 0 saturated carbocycles. The second-order valence-corrected chi connectivity index (χ2v) is 5.92. The number of hydrogen-bond acceptors (Lipinski definition) is 3. The Morgan fingerprint density at radius 2 is 2.00 bits per heavy atom. The Morgan fingerprint density at radius 1 is 1.29 bits per heavy atom. The van der Waals surface area contributed by atoms with Gasteiger partial charge in [0.15, 0.2) is 5.78 Å². The molecule has 1 aromatic carbocycles. The van der Waals surface area contributed by atoms with E-state index in [0.717, 1.165) is 24.3 Å². The molecule has 3 nitrogen and oxygen atoms in total. The largest absolute Gasteiger partial charge is 0.497 e. The third-order valence-electron chi connectivity index (χ3n) is 4.65. The maximum atomic E-state index is 12.7. The summed E-state index contributed by atoms with van der Waals surface area (Å²) in [5, 5.41) is 0. The van der Waals surface area contributed by atoms with E-state index < -0.39 is 0 Å². The van der Waals surface area contributed by atoms with Gasteiger partial charge in [0.25, 0.3) is 0 Å². The van der Waals surface area contributed by atoms with Gasteiger partial charge in [-0.2, -0.15) is 0 Å². The fraction of sp³-hybridized carbons (Fsp3) is 0.611. The number of rotatable bonds is 5. The number of likely N-dealkylation sites (tertiary alicyclic amines) is 1. The van der Waals surface area contributed by atoms with E-state index in [0.29, 0.717) is 6.04 Å². The highest BCUT2D eigenvalue weighted by molar-refractivity contribution is 5.99. The van der Waals surface area contributed by atoms with Crippen LogP contribution in [0.3, 0.4) is 0 Å². The van der Waals surface area contributed by atoms with Crippen molar-refractivity contribution < 1.29 is 9.53 Å². The molecule has 2 atom stereocenters. The monoisotopic (exact) mass is 289 g/mol. The normalized spacial score (nSPS) is 21.6. The van der Waals surface area contributed by atoms with Gasteiger partial charge in [-0.05, 0) is 57.0 Å². The van der Waals surface area contributed by atoms with Crippen LogP contribution in [0.15, 0.2) is 24.3 Å². The zero-order valence-corrected chi connectivity index (χ0v) is 13.5. The van der Waals surface area contributed by atoms with Gasteiger partial charge in [-0.15, -0.1) is 0 Å². The SMILES string of the molecule is CCC1CCCCCN1C(C)C(=O)c1ccc(OC)cc1. The highest BCUT2D eigenvalue weighted by Gasteiger charge is 2.28. The minimum absolute atomic E-state index is 0.0403. The molecule has 21 heavy (non-hydrogen) atoms. The standard InChI is InChI=1S/C18H27NO2/c1-4-16-8-6-5-7-13-19(16)14(2)18(20)15-9-11-17(21-3)12-10-15/h9-12,14,16H,4-8,13H2,1-3H3. The van der Waals surface area contributed by atoms with Crippen LogP contribution in [0.2, 0.25) is 0 Å². The number of ether oxygens (including phenoxy) is 1. The lowest BCUT2D eigenvalue weighted by Gasteiger charge is -2.34. The molecule has 0 spiro atoms. The fourth-order valence-corrected chi connectivity index (χ4v) is 3.30. The van der Waals surface area contributed by atoms with Crippen LogP contribution in [-0.2, 0) is 0 Å². The van der Waals surface area contributed by atoms with E-state index in [9.17, 15) is 4.79 Å². The van der Waals surface area contributed by atoms with Crippen LogP contribution < -0.4 is 4.74 Å². The molecule has 3 heteroatoms. The maximum Gasteiger partial charge on any atom is 0.179 e. The number of carbonyl (C=O) groups is 1. The maximum absolute atomic E-state index is 12.7. The van der Waals surface area contributed by atoms with Crippen molar-refractivity contribution in [1.82, 2.24) is 4.90 Å². The molecule has 0 radical (unpaired) electrons. The first-order valence-corrected chi connectivity index (χ1v) is 8.11. The van der Waals surface area contributed by atoms with Gasteiger partial charge in [0.05, 0.1) is 13.2 Å². The summed E-state index contributed by atoms with van der Waals surface area (Å²) in [6.45, 7) is 5.33. The van der Waals surface area contributed by atoms with Crippen molar-refractivity contribution in [2.24, 2.45) is 0 Å².